The lowest BCUT2D eigenvalue weighted by molar-refractivity contribution is -0.130. The van der Waals surface area contributed by atoms with Crippen molar-refractivity contribution in [2.45, 2.75) is 13.8 Å². The molecule has 0 bridgehead atoms. The second-order valence-corrected chi connectivity index (χ2v) is 6.74. The minimum absolute atomic E-state index is 0.0624. The third-order valence-corrected chi connectivity index (χ3v) is 4.79. The van der Waals surface area contributed by atoms with Gasteiger partial charge in [-0.3, -0.25) is 19.5 Å². The van der Waals surface area contributed by atoms with Crippen LogP contribution in [0.3, 0.4) is 0 Å². The van der Waals surface area contributed by atoms with Crippen LogP contribution in [-0.2, 0) is 9.59 Å². The first-order valence-electron chi connectivity index (χ1n) is 7.93. The molecule has 26 heavy (non-hydrogen) atoms. The summed E-state index contributed by atoms with van der Waals surface area (Å²) >= 11 is 11.3. The Bertz CT molecular complexity index is 925. The summed E-state index contributed by atoms with van der Waals surface area (Å²) in [7, 11) is 0. The Morgan fingerprint density at radius 2 is 1.85 bits per heavy atom. The number of aliphatic imine (C=N–C) groups is 1. The van der Waals surface area contributed by atoms with E-state index in [1.807, 2.05) is 26.0 Å². The van der Waals surface area contributed by atoms with Crippen molar-refractivity contribution in [3.8, 4) is 0 Å². The summed E-state index contributed by atoms with van der Waals surface area (Å²) in [4.78, 5) is 30.7. The molecular weight excluding hydrogens is 370 g/mol. The quantitative estimate of drug-likeness (QED) is 0.497. The maximum atomic E-state index is 12.9. The van der Waals surface area contributed by atoms with Gasteiger partial charge in [-0.2, -0.15) is 0 Å². The largest absolute Gasteiger partial charge is 0.301 e. The van der Waals surface area contributed by atoms with Crippen molar-refractivity contribution >= 4 is 58.3 Å². The number of hydrogen-bond acceptors (Lipinski definition) is 4. The second kappa shape index (κ2) is 7.35. The van der Waals surface area contributed by atoms with E-state index in [1.54, 1.807) is 30.3 Å². The zero-order valence-electron chi connectivity index (χ0n) is 14.2. The Kier molecular flexibility index (Phi) is 5.15. The number of thiocarbonyl (C=S) groups is 1. The van der Waals surface area contributed by atoms with Crippen molar-refractivity contribution in [3.63, 3.8) is 0 Å². The fourth-order valence-electron chi connectivity index (χ4n) is 2.55. The van der Waals surface area contributed by atoms with Crippen molar-refractivity contribution in [1.29, 1.82) is 0 Å². The van der Waals surface area contributed by atoms with Crippen LogP contribution in [0.15, 0.2) is 47.5 Å². The van der Waals surface area contributed by atoms with E-state index in [0.29, 0.717) is 16.4 Å². The van der Waals surface area contributed by atoms with Crippen molar-refractivity contribution in [2.75, 3.05) is 4.90 Å². The number of aryl methyl sites for hydroxylation is 1. The molecule has 0 radical (unpaired) electrons. The van der Waals surface area contributed by atoms with E-state index in [9.17, 15) is 9.59 Å². The fourth-order valence-corrected chi connectivity index (χ4v) is 3.02. The minimum Gasteiger partial charge on any atom is -0.301 e. The van der Waals surface area contributed by atoms with Crippen LogP contribution in [0.25, 0.3) is 0 Å². The smallest absolute Gasteiger partial charge is 0.251 e. The molecule has 1 N–H and O–H groups in total. The lowest BCUT2D eigenvalue weighted by Gasteiger charge is -2.31. The highest BCUT2D eigenvalue weighted by atomic mass is 35.5. The number of amides is 2. The number of nitrogens with zero attached hydrogens (tertiary/aromatic N) is 2. The van der Waals surface area contributed by atoms with Gasteiger partial charge in [0.2, 0.25) is 5.91 Å². The van der Waals surface area contributed by atoms with Crippen molar-refractivity contribution in [1.82, 2.24) is 5.32 Å². The van der Waals surface area contributed by atoms with Crippen LogP contribution in [-0.4, -0.2) is 23.1 Å². The molecule has 0 aliphatic carbocycles. The second-order valence-electron chi connectivity index (χ2n) is 5.94. The fraction of sp³-hybridized carbons (Fsp3) is 0.158. The van der Waals surface area contributed by atoms with E-state index >= 15 is 0 Å². The zero-order chi connectivity index (χ0) is 18.8. The summed E-state index contributed by atoms with van der Waals surface area (Å²) < 4.78 is 0. The summed E-state index contributed by atoms with van der Waals surface area (Å²) in [5.74, 6) is -2.00. The molecule has 2 aromatic carbocycles. The predicted molar refractivity (Wildman–Crippen MR) is 107 cm³/mol. The third kappa shape index (κ3) is 3.52. The average Bonchev–Trinajstić information content (AvgIpc) is 2.59. The molecule has 1 aliphatic heterocycles. The lowest BCUT2D eigenvalue weighted by Crippen LogP contribution is -2.58. The number of carbonyl (C=O) groups excluding carboxylic acids is 2. The Balaban J connectivity index is 1.91. The molecule has 7 heteroatoms. The summed E-state index contributed by atoms with van der Waals surface area (Å²) in [5, 5.41) is 3.20. The SMILES string of the molecule is Cc1ccc(N2C(=O)[C@@H](C=Nc3cccc(Cl)c3C)C(=O)NC2=S)cc1. The first kappa shape index (κ1) is 18.2. The van der Waals surface area contributed by atoms with Gasteiger partial charge in [0, 0.05) is 11.2 Å². The van der Waals surface area contributed by atoms with Crippen LogP contribution in [0.5, 0.6) is 0 Å². The van der Waals surface area contributed by atoms with E-state index in [1.165, 1.54) is 11.1 Å². The van der Waals surface area contributed by atoms with Crippen molar-refractivity contribution in [3.05, 3.63) is 58.6 Å². The van der Waals surface area contributed by atoms with Crippen LogP contribution >= 0.6 is 23.8 Å². The molecule has 0 spiro atoms. The minimum atomic E-state index is -1.07. The highest BCUT2D eigenvalue weighted by molar-refractivity contribution is 7.80. The number of carbonyl (C=O) groups is 2. The zero-order valence-corrected chi connectivity index (χ0v) is 15.8. The van der Waals surface area contributed by atoms with Crippen LogP contribution in [0.1, 0.15) is 11.1 Å². The van der Waals surface area contributed by atoms with Gasteiger partial charge >= 0.3 is 0 Å². The molecule has 5 nitrogen and oxygen atoms in total. The number of anilines is 1. The van der Waals surface area contributed by atoms with Crippen LogP contribution in [0, 0.1) is 19.8 Å². The van der Waals surface area contributed by atoms with Crippen molar-refractivity contribution in [2.24, 2.45) is 10.9 Å². The highest BCUT2D eigenvalue weighted by Crippen LogP contribution is 2.26. The Hall–Kier alpha value is -2.57. The van der Waals surface area contributed by atoms with Gasteiger partial charge in [-0.05, 0) is 55.9 Å². The monoisotopic (exact) mass is 385 g/mol. The normalized spacial score (nSPS) is 17.7. The Labute approximate surface area is 161 Å². The molecule has 2 amide bonds. The van der Waals surface area contributed by atoms with Gasteiger partial charge in [-0.25, -0.2) is 0 Å². The summed E-state index contributed by atoms with van der Waals surface area (Å²) in [6, 6.07) is 12.6. The molecule has 1 fully saturated rings. The molecule has 1 aliphatic rings. The van der Waals surface area contributed by atoms with Gasteiger partial charge < -0.3 is 5.32 Å². The standard InChI is InChI=1S/C19H16ClN3O2S/c1-11-6-8-13(9-7-11)23-18(25)14(17(24)22-19(23)26)10-21-16-5-3-4-15(20)12(16)2/h3-10,14H,1-2H3,(H,22,24,26)/t14-/m0/s1. The van der Waals surface area contributed by atoms with Crippen LogP contribution in [0.2, 0.25) is 5.02 Å². The van der Waals surface area contributed by atoms with Gasteiger partial charge in [0.05, 0.1) is 11.4 Å². The first-order valence-corrected chi connectivity index (χ1v) is 8.72. The van der Waals surface area contributed by atoms with E-state index in [0.717, 1.165) is 11.1 Å². The number of halogens is 1. The number of benzene rings is 2. The predicted octanol–water partition coefficient (Wildman–Crippen LogP) is 3.72. The molecule has 132 valence electrons. The molecule has 0 saturated carbocycles. The van der Waals surface area contributed by atoms with Gasteiger partial charge in [0.15, 0.2) is 11.0 Å². The molecule has 0 aromatic heterocycles. The average molecular weight is 386 g/mol. The van der Waals surface area contributed by atoms with Crippen LogP contribution < -0.4 is 10.2 Å². The maximum absolute atomic E-state index is 12.9. The Morgan fingerprint density at radius 1 is 1.15 bits per heavy atom. The van der Waals surface area contributed by atoms with E-state index in [2.05, 4.69) is 10.3 Å². The first-order chi connectivity index (χ1) is 12.4. The van der Waals surface area contributed by atoms with E-state index < -0.39 is 17.7 Å². The van der Waals surface area contributed by atoms with E-state index in [4.69, 9.17) is 23.8 Å². The summed E-state index contributed by atoms with van der Waals surface area (Å²) in [6.45, 7) is 3.77. The van der Waals surface area contributed by atoms with Gasteiger partial charge in [0.1, 0.15) is 0 Å². The molecular formula is C19H16ClN3O2S. The summed E-state index contributed by atoms with van der Waals surface area (Å²) in [5.41, 5.74) is 3.04. The molecule has 3 rings (SSSR count). The molecule has 1 heterocycles. The number of nitrogens with one attached hydrogen (secondary N) is 1. The van der Waals surface area contributed by atoms with Gasteiger partial charge in [0.25, 0.3) is 5.91 Å². The molecule has 1 atom stereocenters. The van der Waals surface area contributed by atoms with Crippen molar-refractivity contribution < 1.29 is 9.59 Å². The van der Waals surface area contributed by atoms with E-state index in [-0.39, 0.29) is 5.11 Å². The molecule has 1 saturated heterocycles. The van der Waals surface area contributed by atoms with Gasteiger partial charge in [-0.1, -0.05) is 35.4 Å². The van der Waals surface area contributed by atoms with Gasteiger partial charge in [-0.15, -0.1) is 0 Å². The topological polar surface area (TPSA) is 61.8 Å². The highest BCUT2D eigenvalue weighted by Gasteiger charge is 2.38. The number of rotatable bonds is 3. The maximum Gasteiger partial charge on any atom is 0.251 e. The molecule has 2 aromatic rings. The third-order valence-electron chi connectivity index (χ3n) is 4.10. The summed E-state index contributed by atoms with van der Waals surface area (Å²) in [6.07, 6.45) is 1.33. The number of hydrogen-bond donors (Lipinski definition) is 1. The van der Waals surface area contributed by atoms with Crippen LogP contribution in [0.4, 0.5) is 11.4 Å². The lowest BCUT2D eigenvalue weighted by atomic mass is 10.1. The Morgan fingerprint density at radius 3 is 2.54 bits per heavy atom. The molecule has 0 unspecified atom stereocenters.